The largest absolute Gasteiger partial charge is 0.481 e. The van der Waals surface area contributed by atoms with Crippen LogP contribution in [-0.4, -0.2) is 20.4 Å². The van der Waals surface area contributed by atoms with Crippen LogP contribution in [0, 0.1) is 0 Å². The molecule has 0 unspecified atom stereocenters. The average Bonchev–Trinajstić information content (AvgIpc) is 2.77. The molecule has 19 heavy (non-hydrogen) atoms. The van der Waals surface area contributed by atoms with Gasteiger partial charge in [-0.3, -0.25) is 4.79 Å². The Labute approximate surface area is 115 Å². The Hall–Kier alpha value is -1.95. The van der Waals surface area contributed by atoms with Gasteiger partial charge in [0.25, 0.3) is 5.19 Å². The fourth-order valence-corrected chi connectivity index (χ4v) is 2.18. The number of ether oxygens (including phenoxy) is 1. The molecule has 1 aromatic carbocycles. The first-order valence-corrected chi connectivity index (χ1v) is 6.64. The fourth-order valence-electron chi connectivity index (χ4n) is 1.49. The molecule has 0 amide bonds. The van der Waals surface area contributed by atoms with E-state index in [9.17, 15) is 4.79 Å². The van der Waals surface area contributed by atoms with Crippen LogP contribution < -0.4 is 4.74 Å². The SMILES string of the molecule is CC(C)c1nsc(Oc2cccc(CC(=O)O)c2)n1. The van der Waals surface area contributed by atoms with Crippen LogP contribution in [-0.2, 0) is 11.2 Å². The van der Waals surface area contributed by atoms with Gasteiger partial charge in [-0.2, -0.15) is 9.36 Å². The van der Waals surface area contributed by atoms with Gasteiger partial charge in [-0.25, -0.2) is 0 Å². The van der Waals surface area contributed by atoms with E-state index in [2.05, 4.69) is 9.36 Å². The number of nitrogens with zero attached hydrogens (tertiary/aromatic N) is 2. The lowest BCUT2D eigenvalue weighted by Crippen LogP contribution is -1.99. The summed E-state index contributed by atoms with van der Waals surface area (Å²) in [6.07, 6.45) is -0.0233. The van der Waals surface area contributed by atoms with E-state index in [1.165, 1.54) is 11.5 Å². The van der Waals surface area contributed by atoms with Crippen LogP contribution in [0.1, 0.15) is 31.2 Å². The van der Waals surface area contributed by atoms with E-state index in [4.69, 9.17) is 9.84 Å². The average molecular weight is 278 g/mol. The number of carbonyl (C=O) groups is 1. The van der Waals surface area contributed by atoms with Gasteiger partial charge in [0.1, 0.15) is 11.6 Å². The number of hydrogen-bond donors (Lipinski definition) is 1. The standard InChI is InChI=1S/C13H14N2O3S/c1-8(2)12-14-13(19-15-12)18-10-5-3-4-9(6-10)7-11(16)17/h3-6,8H,7H2,1-2H3,(H,16,17). The molecule has 0 radical (unpaired) electrons. The van der Waals surface area contributed by atoms with Crippen molar-refractivity contribution in [3.05, 3.63) is 35.7 Å². The molecule has 0 atom stereocenters. The Bertz CT molecular complexity index is 581. The van der Waals surface area contributed by atoms with Crippen LogP contribution in [0.25, 0.3) is 0 Å². The molecule has 0 fully saturated rings. The molecule has 2 rings (SSSR count). The van der Waals surface area contributed by atoms with Gasteiger partial charge in [0, 0.05) is 17.5 Å². The van der Waals surface area contributed by atoms with Gasteiger partial charge in [0.15, 0.2) is 0 Å². The van der Waals surface area contributed by atoms with Crippen molar-refractivity contribution in [3.8, 4) is 10.9 Å². The molecule has 2 aromatic rings. The maximum atomic E-state index is 10.7. The van der Waals surface area contributed by atoms with Crippen molar-refractivity contribution in [1.82, 2.24) is 9.36 Å². The van der Waals surface area contributed by atoms with E-state index in [1.807, 2.05) is 13.8 Å². The van der Waals surface area contributed by atoms with Gasteiger partial charge in [0.2, 0.25) is 0 Å². The Morgan fingerprint density at radius 1 is 1.47 bits per heavy atom. The Morgan fingerprint density at radius 2 is 2.26 bits per heavy atom. The quantitative estimate of drug-likeness (QED) is 0.910. The molecule has 1 aromatic heterocycles. The van der Waals surface area contributed by atoms with E-state index in [1.54, 1.807) is 24.3 Å². The molecular formula is C13H14N2O3S. The highest BCUT2D eigenvalue weighted by atomic mass is 32.1. The number of carboxylic acids is 1. The minimum atomic E-state index is -0.866. The molecular weight excluding hydrogens is 264 g/mol. The molecule has 0 saturated carbocycles. The zero-order valence-corrected chi connectivity index (χ0v) is 11.5. The summed E-state index contributed by atoms with van der Waals surface area (Å²) < 4.78 is 9.78. The van der Waals surface area contributed by atoms with Crippen LogP contribution in [0.3, 0.4) is 0 Å². The van der Waals surface area contributed by atoms with E-state index in [-0.39, 0.29) is 12.3 Å². The first-order valence-electron chi connectivity index (χ1n) is 5.87. The lowest BCUT2D eigenvalue weighted by molar-refractivity contribution is -0.136. The van der Waals surface area contributed by atoms with E-state index in [0.717, 1.165) is 5.82 Å². The van der Waals surface area contributed by atoms with Crippen LogP contribution in [0.2, 0.25) is 0 Å². The van der Waals surface area contributed by atoms with Gasteiger partial charge in [-0.15, -0.1) is 0 Å². The molecule has 5 nitrogen and oxygen atoms in total. The Morgan fingerprint density at radius 3 is 2.89 bits per heavy atom. The van der Waals surface area contributed by atoms with Crippen molar-refractivity contribution < 1.29 is 14.6 Å². The van der Waals surface area contributed by atoms with Crippen molar-refractivity contribution in [2.45, 2.75) is 26.2 Å². The van der Waals surface area contributed by atoms with Crippen molar-refractivity contribution in [2.75, 3.05) is 0 Å². The summed E-state index contributed by atoms with van der Waals surface area (Å²) in [6, 6.07) is 6.98. The van der Waals surface area contributed by atoms with Gasteiger partial charge in [-0.05, 0) is 17.7 Å². The van der Waals surface area contributed by atoms with Crippen LogP contribution in [0.5, 0.6) is 10.9 Å². The summed E-state index contributed by atoms with van der Waals surface area (Å²) >= 11 is 1.19. The zero-order chi connectivity index (χ0) is 13.8. The maximum absolute atomic E-state index is 10.7. The lowest BCUT2D eigenvalue weighted by atomic mass is 10.1. The van der Waals surface area contributed by atoms with Crippen molar-refractivity contribution in [3.63, 3.8) is 0 Å². The van der Waals surface area contributed by atoms with E-state index < -0.39 is 5.97 Å². The molecule has 0 bridgehead atoms. The van der Waals surface area contributed by atoms with Gasteiger partial charge < -0.3 is 9.84 Å². The van der Waals surface area contributed by atoms with Gasteiger partial charge >= 0.3 is 5.97 Å². The highest BCUT2D eigenvalue weighted by Crippen LogP contribution is 2.26. The highest BCUT2D eigenvalue weighted by Gasteiger charge is 2.10. The van der Waals surface area contributed by atoms with Crippen LogP contribution >= 0.6 is 11.5 Å². The number of carboxylic acid groups (broad SMARTS) is 1. The molecule has 1 N–H and O–H groups in total. The number of aliphatic carboxylic acids is 1. The van der Waals surface area contributed by atoms with Crippen LogP contribution in [0.4, 0.5) is 0 Å². The summed E-state index contributed by atoms with van der Waals surface area (Å²) in [5.41, 5.74) is 0.693. The molecule has 0 aliphatic rings. The Kier molecular flexibility index (Phi) is 4.11. The molecule has 0 spiro atoms. The first kappa shape index (κ1) is 13.5. The summed E-state index contributed by atoms with van der Waals surface area (Å²) in [4.78, 5) is 14.9. The second kappa shape index (κ2) is 5.79. The van der Waals surface area contributed by atoms with Crippen molar-refractivity contribution in [2.24, 2.45) is 0 Å². The Balaban J connectivity index is 2.11. The monoisotopic (exact) mass is 278 g/mol. The smallest absolute Gasteiger partial charge is 0.307 e. The van der Waals surface area contributed by atoms with Crippen molar-refractivity contribution in [1.29, 1.82) is 0 Å². The highest BCUT2D eigenvalue weighted by molar-refractivity contribution is 7.07. The maximum Gasteiger partial charge on any atom is 0.307 e. The third-order valence-electron chi connectivity index (χ3n) is 2.40. The molecule has 100 valence electrons. The first-order chi connectivity index (χ1) is 9.04. The normalized spacial score (nSPS) is 10.7. The van der Waals surface area contributed by atoms with Gasteiger partial charge in [-0.1, -0.05) is 26.0 Å². The zero-order valence-electron chi connectivity index (χ0n) is 10.7. The number of benzene rings is 1. The molecule has 6 heteroatoms. The summed E-state index contributed by atoms with van der Waals surface area (Å²) in [5, 5.41) is 9.22. The topological polar surface area (TPSA) is 72.3 Å². The minimum Gasteiger partial charge on any atom is -0.481 e. The summed E-state index contributed by atoms with van der Waals surface area (Å²) in [6.45, 7) is 4.03. The summed E-state index contributed by atoms with van der Waals surface area (Å²) in [5.74, 6) is 0.717. The predicted octanol–water partition coefficient (Wildman–Crippen LogP) is 3.08. The third kappa shape index (κ3) is 3.75. The van der Waals surface area contributed by atoms with Crippen molar-refractivity contribution >= 4 is 17.5 Å². The predicted molar refractivity (Wildman–Crippen MR) is 71.9 cm³/mol. The molecule has 0 aliphatic carbocycles. The molecule has 1 heterocycles. The van der Waals surface area contributed by atoms with E-state index >= 15 is 0 Å². The van der Waals surface area contributed by atoms with E-state index in [0.29, 0.717) is 16.5 Å². The van der Waals surface area contributed by atoms with Gasteiger partial charge in [0.05, 0.1) is 6.42 Å². The third-order valence-corrected chi connectivity index (χ3v) is 3.01. The second-order valence-corrected chi connectivity index (χ2v) is 5.11. The minimum absolute atomic E-state index is 0.0233. The summed E-state index contributed by atoms with van der Waals surface area (Å²) in [7, 11) is 0. The molecule has 0 aliphatic heterocycles. The fraction of sp³-hybridized carbons (Fsp3) is 0.308. The van der Waals surface area contributed by atoms with Crippen LogP contribution in [0.15, 0.2) is 24.3 Å². The number of aromatic nitrogens is 2. The lowest BCUT2D eigenvalue weighted by Gasteiger charge is -2.03. The molecule has 0 saturated heterocycles. The number of hydrogen-bond acceptors (Lipinski definition) is 5. The number of rotatable bonds is 5. The second-order valence-electron chi connectivity index (χ2n) is 4.39.